The molecule has 342 valence electrons. The summed E-state index contributed by atoms with van der Waals surface area (Å²) in [4.78, 5) is 14.4. The molecule has 3 heterocycles. The van der Waals surface area contributed by atoms with Crippen LogP contribution in [-0.4, -0.2) is 16.7 Å². The van der Waals surface area contributed by atoms with Crippen LogP contribution in [0.3, 0.4) is 0 Å². The predicted molar refractivity (Wildman–Crippen MR) is 301 cm³/mol. The molecule has 0 bridgehead atoms. The van der Waals surface area contributed by atoms with Gasteiger partial charge in [0.2, 0.25) is 0 Å². The number of aromatic nitrogens is 2. The average Bonchev–Trinajstić information content (AvgIpc) is 3.40. The molecule has 9 aromatic carbocycles. The van der Waals surface area contributed by atoms with E-state index in [1.807, 2.05) is 12.3 Å². The van der Waals surface area contributed by atoms with Gasteiger partial charge in [-0.05, 0) is 150 Å². The van der Waals surface area contributed by atoms with Crippen LogP contribution in [0, 0.1) is 0 Å². The van der Waals surface area contributed by atoms with Crippen LogP contribution in [0.2, 0.25) is 0 Å². The fourth-order valence-corrected chi connectivity index (χ4v) is 10.8. The molecule has 0 atom stereocenters. The van der Waals surface area contributed by atoms with Gasteiger partial charge in [0.15, 0.2) is 0 Å². The molecular formula is C66H55BN4. The Morgan fingerprint density at radius 1 is 0.352 bits per heavy atom. The number of nitrogens with zero attached hydrogens (tertiary/aromatic N) is 4. The molecule has 10 aromatic rings. The van der Waals surface area contributed by atoms with Crippen molar-refractivity contribution in [3.8, 4) is 55.8 Å². The van der Waals surface area contributed by atoms with E-state index in [0.717, 1.165) is 56.3 Å². The Balaban J connectivity index is 1.22. The predicted octanol–water partition coefficient (Wildman–Crippen LogP) is 15.5. The number of benzene rings is 9. The highest BCUT2D eigenvalue weighted by Gasteiger charge is 2.45. The molecule has 2 aliphatic heterocycles. The zero-order valence-corrected chi connectivity index (χ0v) is 41.2. The first-order valence-corrected chi connectivity index (χ1v) is 24.8. The molecule has 0 saturated carbocycles. The lowest BCUT2D eigenvalue weighted by atomic mass is 9.33. The van der Waals surface area contributed by atoms with E-state index >= 15 is 0 Å². The first-order valence-electron chi connectivity index (χ1n) is 24.8. The first kappa shape index (κ1) is 44.0. The van der Waals surface area contributed by atoms with Crippen molar-refractivity contribution < 1.29 is 0 Å². The van der Waals surface area contributed by atoms with Crippen LogP contribution in [0.15, 0.2) is 225 Å². The van der Waals surface area contributed by atoms with Gasteiger partial charge >= 0.3 is 0 Å². The molecule has 0 spiro atoms. The third-order valence-electron chi connectivity index (χ3n) is 14.5. The normalized spacial score (nSPS) is 12.8. The summed E-state index contributed by atoms with van der Waals surface area (Å²) < 4.78 is 0. The summed E-state index contributed by atoms with van der Waals surface area (Å²) in [6.07, 6.45) is 3.51. The van der Waals surface area contributed by atoms with Crippen molar-refractivity contribution in [2.45, 2.75) is 52.4 Å². The molecule has 0 fully saturated rings. The van der Waals surface area contributed by atoms with Crippen LogP contribution in [0.25, 0.3) is 55.8 Å². The molecule has 71 heavy (non-hydrogen) atoms. The van der Waals surface area contributed by atoms with Crippen LogP contribution in [-0.2, 0) is 10.8 Å². The van der Waals surface area contributed by atoms with Crippen molar-refractivity contribution in [3.63, 3.8) is 0 Å². The zero-order chi connectivity index (χ0) is 48.4. The van der Waals surface area contributed by atoms with Crippen LogP contribution in [0.1, 0.15) is 52.7 Å². The van der Waals surface area contributed by atoms with Crippen LogP contribution in [0.5, 0.6) is 0 Å². The number of hydrogen-bond donors (Lipinski definition) is 0. The van der Waals surface area contributed by atoms with Crippen molar-refractivity contribution in [1.29, 1.82) is 0 Å². The van der Waals surface area contributed by atoms with Crippen molar-refractivity contribution in [3.05, 3.63) is 236 Å². The van der Waals surface area contributed by atoms with E-state index in [4.69, 9.17) is 4.98 Å². The summed E-state index contributed by atoms with van der Waals surface area (Å²) in [7, 11) is 0. The van der Waals surface area contributed by atoms with Gasteiger partial charge < -0.3 is 9.80 Å². The smallest absolute Gasteiger partial charge is 0.252 e. The number of fused-ring (bicyclic) bond motifs is 4. The number of rotatable bonds is 7. The second-order valence-corrected chi connectivity index (χ2v) is 21.2. The quantitative estimate of drug-likeness (QED) is 0.149. The third-order valence-corrected chi connectivity index (χ3v) is 14.5. The minimum absolute atomic E-state index is 0.0849. The summed E-state index contributed by atoms with van der Waals surface area (Å²) >= 11 is 0. The van der Waals surface area contributed by atoms with Crippen molar-refractivity contribution >= 4 is 57.2 Å². The van der Waals surface area contributed by atoms with E-state index < -0.39 is 0 Å². The summed E-state index contributed by atoms with van der Waals surface area (Å²) in [5.74, 6) is 0. The molecule has 4 nitrogen and oxygen atoms in total. The molecule has 12 rings (SSSR count). The lowest BCUT2D eigenvalue weighted by Crippen LogP contribution is -2.61. The minimum Gasteiger partial charge on any atom is -0.311 e. The summed E-state index contributed by atoms with van der Waals surface area (Å²) in [5.41, 5.74) is 24.3. The van der Waals surface area contributed by atoms with E-state index in [-0.39, 0.29) is 17.5 Å². The van der Waals surface area contributed by atoms with E-state index in [1.54, 1.807) is 6.33 Å². The summed E-state index contributed by atoms with van der Waals surface area (Å²) in [6, 6.07) is 78.7. The van der Waals surface area contributed by atoms with Crippen LogP contribution in [0.4, 0.5) is 34.1 Å². The SMILES string of the molecule is CC(C)(C)c1ccc2c(c1)B1c3cc(C(C)(C)C)ccc3N(c3cc(-c4ccccc4)cc(-c4ccccc4)c3)c3cc(-c4ccncn4)cc(c31)N2c1cc(-c2ccccc2)cc(-c2ccccc2)c1. The van der Waals surface area contributed by atoms with E-state index in [2.05, 4.69) is 263 Å². The number of anilines is 6. The minimum atomic E-state index is -0.0873. The van der Waals surface area contributed by atoms with Gasteiger partial charge in [-0.15, -0.1) is 0 Å². The Morgan fingerprint density at radius 3 is 1.07 bits per heavy atom. The Morgan fingerprint density at radius 2 is 0.732 bits per heavy atom. The van der Waals surface area contributed by atoms with E-state index in [0.29, 0.717) is 0 Å². The maximum absolute atomic E-state index is 4.94. The Kier molecular flexibility index (Phi) is 10.7. The molecule has 0 radical (unpaired) electrons. The van der Waals surface area contributed by atoms with Gasteiger partial charge in [0, 0.05) is 45.9 Å². The molecular weight excluding hydrogens is 860 g/mol. The molecule has 0 N–H and O–H groups in total. The molecule has 1 aromatic heterocycles. The number of hydrogen-bond acceptors (Lipinski definition) is 4. The molecule has 5 heteroatoms. The first-order chi connectivity index (χ1) is 34.5. The molecule has 0 saturated heterocycles. The topological polar surface area (TPSA) is 32.3 Å². The fraction of sp³-hybridized carbons (Fsp3) is 0.121. The van der Waals surface area contributed by atoms with E-state index in [1.165, 1.54) is 61.1 Å². The van der Waals surface area contributed by atoms with Gasteiger partial charge in [0.05, 0.1) is 5.69 Å². The largest absolute Gasteiger partial charge is 0.311 e. The highest BCUT2D eigenvalue weighted by Crippen LogP contribution is 2.49. The zero-order valence-electron chi connectivity index (χ0n) is 41.2. The average molecular weight is 915 g/mol. The van der Waals surface area contributed by atoms with Crippen LogP contribution >= 0.6 is 0 Å². The monoisotopic (exact) mass is 914 g/mol. The second-order valence-electron chi connectivity index (χ2n) is 21.2. The highest BCUT2D eigenvalue weighted by atomic mass is 15.2. The van der Waals surface area contributed by atoms with Gasteiger partial charge in [0.25, 0.3) is 6.71 Å². The fourth-order valence-electron chi connectivity index (χ4n) is 10.8. The van der Waals surface area contributed by atoms with Gasteiger partial charge in [-0.2, -0.15) is 0 Å². The van der Waals surface area contributed by atoms with Crippen molar-refractivity contribution in [2.24, 2.45) is 0 Å². The second kappa shape index (κ2) is 17.3. The Labute approximate surface area is 419 Å². The van der Waals surface area contributed by atoms with Gasteiger partial charge in [-0.25, -0.2) is 9.97 Å². The van der Waals surface area contributed by atoms with Gasteiger partial charge in [0.1, 0.15) is 6.33 Å². The van der Waals surface area contributed by atoms with Gasteiger partial charge in [-0.1, -0.05) is 187 Å². The molecule has 0 amide bonds. The maximum atomic E-state index is 4.94. The van der Waals surface area contributed by atoms with Gasteiger partial charge in [-0.3, -0.25) is 0 Å². The van der Waals surface area contributed by atoms with E-state index in [9.17, 15) is 0 Å². The standard InChI is InChI=1S/C66H55BN4/c1-65(2,3)53-27-29-60-57(41-53)67-58-42-54(66(4,5)6)28-30-61(58)71(56-37-50(46-23-15-9-16-24-46)34-51(38-56)47-25-17-10-18-26-47)63-40-52(59-31-32-68-43-69-59)39-62(64(63)67)70(60)55-35-48(44-19-11-7-12-20-44)33-49(36-55)45-21-13-8-14-22-45/h7-43H,1-6H3. The van der Waals surface area contributed by atoms with Crippen LogP contribution < -0.4 is 26.2 Å². The summed E-state index contributed by atoms with van der Waals surface area (Å²) in [6.45, 7) is 13.9. The summed E-state index contributed by atoms with van der Waals surface area (Å²) in [5, 5.41) is 0. The maximum Gasteiger partial charge on any atom is 0.252 e. The van der Waals surface area contributed by atoms with Crippen molar-refractivity contribution in [1.82, 2.24) is 9.97 Å². The third kappa shape index (κ3) is 8.02. The molecule has 0 unspecified atom stereocenters. The molecule has 0 aliphatic carbocycles. The lowest BCUT2D eigenvalue weighted by Gasteiger charge is -2.45. The lowest BCUT2D eigenvalue weighted by molar-refractivity contribution is 0.590. The Hall–Kier alpha value is -8.28. The van der Waals surface area contributed by atoms with Crippen molar-refractivity contribution in [2.75, 3.05) is 9.80 Å². The molecule has 2 aliphatic rings. The highest BCUT2D eigenvalue weighted by molar-refractivity contribution is 7.00. The Bertz CT molecular complexity index is 3270.